The average molecular weight is 271 g/mol. The first-order valence-electron chi connectivity index (χ1n) is 5.57. The minimum Gasteiger partial charge on any atom is -0.481 e. The summed E-state index contributed by atoms with van der Waals surface area (Å²) in [5.74, 6) is 0.236. The van der Waals surface area contributed by atoms with Gasteiger partial charge in [0.25, 0.3) is 0 Å². The molecule has 5 nitrogen and oxygen atoms in total. The molecule has 2 aliphatic rings. The molecule has 7 heteroatoms. The molecule has 2 saturated heterocycles. The van der Waals surface area contributed by atoms with Gasteiger partial charge in [-0.2, -0.15) is 11.8 Å². The standard InChI is InChI=1S/C10H16N2O3S.Mg.2H/c13-8(14)4-2-1-3-7-9-6(5-16-7)11-10(15)12-9;;;/h6-7,9H,1-5H2,(H,13,14)(H2,11,12,15);;;/t6-,7-,9-;;;/m0.../s1. The number of nitrogens with one attached hydrogen (secondary N) is 2. The normalized spacial score (nSPS) is 30.1. The van der Waals surface area contributed by atoms with Gasteiger partial charge in [0.2, 0.25) is 0 Å². The fourth-order valence-corrected chi connectivity index (χ4v) is 3.81. The highest BCUT2D eigenvalue weighted by atomic mass is 32.2. The van der Waals surface area contributed by atoms with Gasteiger partial charge in [-0.25, -0.2) is 4.79 Å². The third-order valence-corrected chi connectivity index (χ3v) is 4.58. The van der Waals surface area contributed by atoms with Crippen molar-refractivity contribution in [1.29, 1.82) is 0 Å². The van der Waals surface area contributed by atoms with E-state index in [2.05, 4.69) is 10.6 Å². The fourth-order valence-electron chi connectivity index (χ4n) is 2.26. The summed E-state index contributed by atoms with van der Waals surface area (Å²) < 4.78 is 0. The first-order valence-corrected chi connectivity index (χ1v) is 6.62. The zero-order valence-electron chi connectivity index (χ0n) is 8.94. The fraction of sp³-hybridized carbons (Fsp3) is 0.800. The molecule has 0 aromatic carbocycles. The van der Waals surface area contributed by atoms with E-state index < -0.39 is 5.97 Å². The maximum atomic E-state index is 11.1. The molecule has 0 radical (unpaired) electrons. The number of carbonyl (C=O) groups is 2. The smallest absolute Gasteiger partial charge is 0.316 e. The summed E-state index contributed by atoms with van der Waals surface area (Å²) in [4.78, 5) is 21.5. The molecule has 2 aliphatic heterocycles. The first-order chi connectivity index (χ1) is 7.66. The number of aliphatic carboxylic acids is 1. The van der Waals surface area contributed by atoms with Crippen LogP contribution in [0.5, 0.6) is 0 Å². The van der Waals surface area contributed by atoms with Crippen LogP contribution in [0.1, 0.15) is 25.7 Å². The summed E-state index contributed by atoms with van der Waals surface area (Å²) in [5, 5.41) is 14.8. The van der Waals surface area contributed by atoms with Crippen LogP contribution in [0.3, 0.4) is 0 Å². The summed E-state index contributed by atoms with van der Waals surface area (Å²) in [6.45, 7) is 0. The van der Waals surface area contributed by atoms with Gasteiger partial charge >= 0.3 is 35.1 Å². The van der Waals surface area contributed by atoms with Crippen molar-refractivity contribution in [1.82, 2.24) is 10.6 Å². The highest BCUT2D eigenvalue weighted by Gasteiger charge is 2.42. The van der Waals surface area contributed by atoms with Crippen LogP contribution in [0, 0.1) is 0 Å². The number of amides is 2. The summed E-state index contributed by atoms with van der Waals surface area (Å²) in [6, 6.07) is 0.440. The molecule has 2 heterocycles. The van der Waals surface area contributed by atoms with Gasteiger partial charge in [-0.3, -0.25) is 4.79 Å². The molecule has 94 valence electrons. The lowest BCUT2D eigenvalue weighted by atomic mass is 10.0. The van der Waals surface area contributed by atoms with Crippen LogP contribution in [-0.2, 0) is 4.79 Å². The summed E-state index contributed by atoms with van der Waals surface area (Å²) >= 11 is 1.87. The quantitative estimate of drug-likeness (QED) is 0.370. The third kappa shape index (κ3) is 3.92. The van der Waals surface area contributed by atoms with E-state index in [1.807, 2.05) is 11.8 Å². The van der Waals surface area contributed by atoms with Gasteiger partial charge in [-0.1, -0.05) is 6.42 Å². The number of hydrogen-bond acceptors (Lipinski definition) is 3. The van der Waals surface area contributed by atoms with E-state index >= 15 is 0 Å². The van der Waals surface area contributed by atoms with E-state index in [4.69, 9.17) is 5.11 Å². The number of thioether (sulfide) groups is 1. The van der Waals surface area contributed by atoms with E-state index in [1.54, 1.807) is 0 Å². The molecule has 0 unspecified atom stereocenters. The number of carbonyl (C=O) groups excluding carboxylic acids is 1. The Morgan fingerprint density at radius 3 is 2.88 bits per heavy atom. The molecule has 3 N–H and O–H groups in total. The number of carboxylic acids is 1. The number of urea groups is 1. The van der Waals surface area contributed by atoms with Crippen molar-refractivity contribution >= 4 is 46.8 Å². The Kier molecular flexibility index (Phi) is 5.88. The van der Waals surface area contributed by atoms with Crippen LogP contribution in [0.25, 0.3) is 0 Å². The van der Waals surface area contributed by atoms with Gasteiger partial charge < -0.3 is 15.7 Å². The molecular weight excluding hydrogens is 252 g/mol. The van der Waals surface area contributed by atoms with Crippen LogP contribution < -0.4 is 10.6 Å². The topological polar surface area (TPSA) is 78.4 Å². The predicted molar refractivity (Wildman–Crippen MR) is 70.1 cm³/mol. The summed E-state index contributed by atoms with van der Waals surface area (Å²) in [6.07, 6.45) is 2.88. The number of unbranched alkanes of at least 4 members (excludes halogenated alkanes) is 1. The second-order valence-electron chi connectivity index (χ2n) is 4.26. The van der Waals surface area contributed by atoms with E-state index in [0.29, 0.717) is 5.25 Å². The van der Waals surface area contributed by atoms with Crippen LogP contribution in [0.15, 0.2) is 0 Å². The molecule has 17 heavy (non-hydrogen) atoms. The molecule has 2 fully saturated rings. The van der Waals surface area contributed by atoms with E-state index in [9.17, 15) is 9.59 Å². The molecule has 0 aliphatic carbocycles. The van der Waals surface area contributed by atoms with Crippen molar-refractivity contribution < 1.29 is 14.7 Å². The third-order valence-electron chi connectivity index (χ3n) is 3.07. The van der Waals surface area contributed by atoms with Crippen molar-refractivity contribution in [2.75, 3.05) is 5.75 Å². The second kappa shape index (κ2) is 6.70. The highest BCUT2D eigenvalue weighted by Crippen LogP contribution is 2.33. The minimum absolute atomic E-state index is 0. The van der Waals surface area contributed by atoms with E-state index in [0.717, 1.165) is 25.0 Å². The van der Waals surface area contributed by atoms with E-state index in [1.165, 1.54) is 0 Å². The van der Waals surface area contributed by atoms with Gasteiger partial charge in [-0.15, -0.1) is 0 Å². The molecule has 0 aromatic rings. The Hall–Kier alpha value is -0.144. The van der Waals surface area contributed by atoms with Crippen molar-refractivity contribution in [3.63, 3.8) is 0 Å². The lowest BCUT2D eigenvalue weighted by molar-refractivity contribution is -0.137. The molecular formula is C10H18MgN2O3S. The van der Waals surface area contributed by atoms with Crippen LogP contribution >= 0.6 is 11.8 Å². The molecule has 0 bridgehead atoms. The Labute approximate surface area is 121 Å². The minimum atomic E-state index is -0.729. The molecule has 2 amide bonds. The Balaban J connectivity index is 0.00000144. The first kappa shape index (κ1) is 14.9. The number of carboxylic acid groups (broad SMARTS) is 1. The maximum absolute atomic E-state index is 11.1. The van der Waals surface area contributed by atoms with Crippen LogP contribution in [0.4, 0.5) is 4.79 Å². The van der Waals surface area contributed by atoms with Crippen LogP contribution in [-0.4, -0.2) is 63.2 Å². The predicted octanol–water partition coefficient (Wildman–Crippen LogP) is -0.119. The second-order valence-corrected chi connectivity index (χ2v) is 5.53. The van der Waals surface area contributed by atoms with Crippen molar-refractivity contribution in [3.8, 4) is 0 Å². The highest BCUT2D eigenvalue weighted by molar-refractivity contribution is 8.00. The van der Waals surface area contributed by atoms with Crippen molar-refractivity contribution in [3.05, 3.63) is 0 Å². The zero-order chi connectivity index (χ0) is 11.5. The largest absolute Gasteiger partial charge is 0.481 e. The molecule has 0 saturated carbocycles. The molecule has 3 atom stereocenters. The van der Waals surface area contributed by atoms with Crippen molar-refractivity contribution in [2.24, 2.45) is 0 Å². The van der Waals surface area contributed by atoms with Crippen molar-refractivity contribution in [2.45, 2.75) is 43.0 Å². The number of hydrogen-bond donors (Lipinski definition) is 3. The lowest BCUT2D eigenvalue weighted by Crippen LogP contribution is -2.36. The van der Waals surface area contributed by atoms with Gasteiger partial charge in [0.15, 0.2) is 0 Å². The van der Waals surface area contributed by atoms with Crippen LogP contribution in [0.2, 0.25) is 0 Å². The van der Waals surface area contributed by atoms with Gasteiger partial charge in [0.1, 0.15) is 0 Å². The SMILES string of the molecule is O=C(O)CCCC[C@@H]1SC[C@@H]2NC(=O)N[C@@H]21.[MgH2]. The summed E-state index contributed by atoms with van der Waals surface area (Å²) in [5.41, 5.74) is 0. The Morgan fingerprint density at radius 1 is 1.41 bits per heavy atom. The lowest BCUT2D eigenvalue weighted by Gasteiger charge is -2.16. The Bertz CT molecular complexity index is 303. The summed E-state index contributed by atoms with van der Waals surface area (Å²) in [7, 11) is 0. The van der Waals surface area contributed by atoms with Gasteiger partial charge in [0, 0.05) is 17.4 Å². The van der Waals surface area contributed by atoms with E-state index in [-0.39, 0.29) is 47.6 Å². The Morgan fingerprint density at radius 2 is 2.18 bits per heavy atom. The molecule has 0 aromatic heterocycles. The molecule has 2 rings (SSSR count). The number of fused-ring (bicyclic) bond motifs is 1. The average Bonchev–Trinajstić information content (AvgIpc) is 2.72. The monoisotopic (exact) mass is 270 g/mol. The zero-order valence-corrected chi connectivity index (χ0v) is 9.76. The van der Waals surface area contributed by atoms with Gasteiger partial charge in [-0.05, 0) is 12.8 Å². The number of rotatable bonds is 5. The molecule has 0 spiro atoms. The van der Waals surface area contributed by atoms with Gasteiger partial charge in [0.05, 0.1) is 12.1 Å². The maximum Gasteiger partial charge on any atom is 0.316 e.